The van der Waals surface area contributed by atoms with E-state index in [2.05, 4.69) is 10.2 Å². The average Bonchev–Trinajstić information content (AvgIpc) is 3.13. The normalized spacial score (nSPS) is 17.3. The van der Waals surface area contributed by atoms with E-state index in [1.54, 1.807) is 19.2 Å². The molecule has 2 aliphatic rings. The second-order valence-electron chi connectivity index (χ2n) is 9.04. The second kappa shape index (κ2) is 11.4. The fourth-order valence-corrected chi connectivity index (χ4v) is 5.60. The molecule has 1 amide bonds. The summed E-state index contributed by atoms with van der Waals surface area (Å²) in [6, 6.07) is 4.58. The third kappa shape index (κ3) is 4.97. The topological polar surface area (TPSA) is 86.3 Å². The molecule has 0 spiro atoms. The van der Waals surface area contributed by atoms with Gasteiger partial charge in [0.1, 0.15) is 0 Å². The fourth-order valence-electron chi connectivity index (χ4n) is 5.25. The van der Waals surface area contributed by atoms with E-state index in [-0.39, 0.29) is 17.1 Å². The van der Waals surface area contributed by atoms with E-state index < -0.39 is 6.04 Å². The van der Waals surface area contributed by atoms with Crippen LogP contribution in [0.1, 0.15) is 42.9 Å². The fraction of sp³-hybridized carbons (Fsp3) is 0.481. The highest BCUT2D eigenvalue weighted by Gasteiger charge is 2.32. The van der Waals surface area contributed by atoms with Crippen molar-refractivity contribution in [2.75, 3.05) is 48.1 Å². The van der Waals surface area contributed by atoms with Gasteiger partial charge in [-0.15, -0.1) is 0 Å². The van der Waals surface area contributed by atoms with E-state index in [4.69, 9.17) is 30.5 Å². The molecule has 1 atom stereocenters. The van der Waals surface area contributed by atoms with Crippen molar-refractivity contribution in [3.63, 3.8) is 0 Å². The SMILES string of the molecule is COc1c(Cl)c2c(c(OC)c1OC)-c1ccc(OC)c(=O)cc1[C@@H](NC(=O)CN1CCCCC1)CC2. The number of carbonyl (C=O) groups is 1. The monoisotopic (exact) mass is 516 g/mol. The number of amides is 1. The first-order valence-electron chi connectivity index (χ1n) is 12.2. The number of benzene rings is 1. The van der Waals surface area contributed by atoms with Crippen LogP contribution < -0.4 is 29.7 Å². The molecule has 4 rings (SSSR count). The number of piperidine rings is 1. The lowest BCUT2D eigenvalue weighted by Gasteiger charge is -2.27. The maximum atomic E-state index is 13.1. The highest BCUT2D eigenvalue weighted by Crippen LogP contribution is 2.54. The van der Waals surface area contributed by atoms with Crippen molar-refractivity contribution >= 4 is 17.5 Å². The van der Waals surface area contributed by atoms with Crippen molar-refractivity contribution in [3.8, 4) is 34.1 Å². The zero-order valence-corrected chi connectivity index (χ0v) is 22.0. The zero-order chi connectivity index (χ0) is 25.8. The van der Waals surface area contributed by atoms with Crippen LogP contribution in [0, 0.1) is 0 Å². The van der Waals surface area contributed by atoms with Gasteiger partial charge in [0.05, 0.1) is 46.0 Å². The summed E-state index contributed by atoms with van der Waals surface area (Å²) in [7, 11) is 6.06. The summed E-state index contributed by atoms with van der Waals surface area (Å²) in [5.41, 5.74) is 2.63. The molecule has 9 heteroatoms. The van der Waals surface area contributed by atoms with E-state index in [1.165, 1.54) is 27.8 Å². The Bertz CT molecular complexity index is 1200. The molecule has 0 saturated carbocycles. The third-order valence-corrected chi connectivity index (χ3v) is 7.36. The summed E-state index contributed by atoms with van der Waals surface area (Å²) in [4.78, 5) is 28.3. The Morgan fingerprint density at radius 3 is 2.33 bits per heavy atom. The number of carbonyl (C=O) groups excluding carboxylic acids is 1. The molecular formula is C27H33ClN2O6. The number of nitrogens with one attached hydrogen (secondary N) is 1. The van der Waals surface area contributed by atoms with E-state index in [1.807, 2.05) is 6.07 Å². The van der Waals surface area contributed by atoms with Crippen LogP contribution in [-0.2, 0) is 11.2 Å². The van der Waals surface area contributed by atoms with Crippen molar-refractivity contribution in [1.82, 2.24) is 10.2 Å². The minimum atomic E-state index is -0.410. The van der Waals surface area contributed by atoms with Gasteiger partial charge >= 0.3 is 0 Å². The predicted octanol–water partition coefficient (Wildman–Crippen LogP) is 3.99. The van der Waals surface area contributed by atoms with Gasteiger partial charge in [-0.2, -0.15) is 0 Å². The molecule has 8 nitrogen and oxygen atoms in total. The van der Waals surface area contributed by atoms with Crippen LogP contribution in [0.15, 0.2) is 23.0 Å². The summed E-state index contributed by atoms with van der Waals surface area (Å²) in [6.07, 6.45) is 4.48. The van der Waals surface area contributed by atoms with Gasteiger partial charge in [0.25, 0.3) is 0 Å². The quantitative estimate of drug-likeness (QED) is 0.595. The minimum Gasteiger partial charge on any atom is -0.493 e. The molecule has 1 aliphatic heterocycles. The Morgan fingerprint density at radius 2 is 1.69 bits per heavy atom. The average molecular weight is 517 g/mol. The number of hydrogen-bond acceptors (Lipinski definition) is 7. The highest BCUT2D eigenvalue weighted by atomic mass is 35.5. The van der Waals surface area contributed by atoms with Crippen LogP contribution in [0.3, 0.4) is 0 Å². The number of fused-ring (bicyclic) bond motifs is 3. The molecular weight excluding hydrogens is 484 g/mol. The molecule has 0 aromatic heterocycles. The van der Waals surface area contributed by atoms with Gasteiger partial charge in [0.2, 0.25) is 17.1 Å². The Labute approximate surface area is 216 Å². The number of nitrogens with zero attached hydrogens (tertiary/aromatic N) is 1. The molecule has 1 aliphatic carbocycles. The minimum absolute atomic E-state index is 0.0713. The first-order chi connectivity index (χ1) is 17.4. The highest BCUT2D eigenvalue weighted by molar-refractivity contribution is 6.34. The number of methoxy groups -OCH3 is 4. The standard InChI is InChI=1S/C27H33ClN2O6/c1-33-21-11-9-16-18(14-20(21)31)19(29-22(32)15-30-12-6-5-7-13-30)10-8-17-23(16)25(34-2)27(36-4)26(35-3)24(17)28/h9,11,14,19H,5-8,10,12-13,15H2,1-4H3,(H,29,32)/t19-/m0/s1. The van der Waals surface area contributed by atoms with Crippen LogP contribution in [0.4, 0.5) is 0 Å². The predicted molar refractivity (Wildman–Crippen MR) is 139 cm³/mol. The lowest BCUT2D eigenvalue weighted by atomic mass is 9.95. The Morgan fingerprint density at radius 1 is 1.00 bits per heavy atom. The molecule has 194 valence electrons. The maximum Gasteiger partial charge on any atom is 0.234 e. The van der Waals surface area contributed by atoms with Gasteiger partial charge in [-0.05, 0) is 67.6 Å². The lowest BCUT2D eigenvalue weighted by molar-refractivity contribution is -0.123. The zero-order valence-electron chi connectivity index (χ0n) is 21.2. The smallest absolute Gasteiger partial charge is 0.234 e. The van der Waals surface area contributed by atoms with Crippen LogP contribution in [0.2, 0.25) is 5.02 Å². The number of hydrogen-bond donors (Lipinski definition) is 1. The molecule has 36 heavy (non-hydrogen) atoms. The lowest BCUT2D eigenvalue weighted by Crippen LogP contribution is -2.41. The summed E-state index contributed by atoms with van der Waals surface area (Å²) in [5.74, 6) is 1.33. The molecule has 0 bridgehead atoms. The number of likely N-dealkylation sites (tertiary alicyclic amines) is 1. The first-order valence-corrected chi connectivity index (χ1v) is 12.6. The van der Waals surface area contributed by atoms with Gasteiger partial charge in [-0.3, -0.25) is 14.5 Å². The van der Waals surface area contributed by atoms with Crippen LogP contribution >= 0.6 is 11.6 Å². The van der Waals surface area contributed by atoms with Gasteiger partial charge in [-0.1, -0.05) is 24.1 Å². The van der Waals surface area contributed by atoms with Crippen molar-refractivity contribution < 1.29 is 23.7 Å². The second-order valence-corrected chi connectivity index (χ2v) is 9.42. The summed E-state index contributed by atoms with van der Waals surface area (Å²) < 4.78 is 22.3. The summed E-state index contributed by atoms with van der Waals surface area (Å²) >= 11 is 6.84. The largest absolute Gasteiger partial charge is 0.493 e. The van der Waals surface area contributed by atoms with Crippen LogP contribution in [0.5, 0.6) is 23.0 Å². The third-order valence-electron chi connectivity index (χ3n) is 6.96. The molecule has 0 unspecified atom stereocenters. The van der Waals surface area contributed by atoms with Crippen LogP contribution in [0.25, 0.3) is 11.1 Å². The molecule has 2 aromatic rings. The molecule has 1 heterocycles. The number of ether oxygens (including phenoxy) is 4. The molecule has 1 N–H and O–H groups in total. The van der Waals surface area contributed by atoms with E-state index in [0.29, 0.717) is 58.3 Å². The van der Waals surface area contributed by atoms with Crippen molar-refractivity contribution in [3.05, 3.63) is 44.6 Å². The molecule has 2 aromatic carbocycles. The molecule has 1 saturated heterocycles. The van der Waals surface area contributed by atoms with Gasteiger partial charge < -0.3 is 24.3 Å². The Balaban J connectivity index is 1.87. The Hall–Kier alpha value is -2.97. The molecule has 1 fully saturated rings. The van der Waals surface area contributed by atoms with Gasteiger partial charge in [-0.25, -0.2) is 0 Å². The van der Waals surface area contributed by atoms with Crippen LogP contribution in [-0.4, -0.2) is 58.9 Å². The first kappa shape index (κ1) is 26.1. The van der Waals surface area contributed by atoms with E-state index >= 15 is 0 Å². The van der Waals surface area contributed by atoms with E-state index in [9.17, 15) is 9.59 Å². The number of rotatable bonds is 7. The van der Waals surface area contributed by atoms with Gasteiger partial charge in [0, 0.05) is 5.56 Å². The molecule has 0 radical (unpaired) electrons. The maximum absolute atomic E-state index is 13.1. The number of halogens is 1. The van der Waals surface area contributed by atoms with Gasteiger partial charge in [0.15, 0.2) is 17.2 Å². The van der Waals surface area contributed by atoms with Crippen molar-refractivity contribution in [1.29, 1.82) is 0 Å². The Kier molecular flexibility index (Phi) is 8.26. The summed E-state index contributed by atoms with van der Waals surface area (Å²) in [5, 5.41) is 3.60. The van der Waals surface area contributed by atoms with E-state index in [0.717, 1.165) is 31.5 Å². The van der Waals surface area contributed by atoms with Crippen molar-refractivity contribution in [2.24, 2.45) is 0 Å². The summed E-state index contributed by atoms with van der Waals surface area (Å²) in [6.45, 7) is 2.17. The van der Waals surface area contributed by atoms with Crippen molar-refractivity contribution in [2.45, 2.75) is 38.1 Å².